The van der Waals surface area contributed by atoms with Crippen LogP contribution in [0.25, 0.3) is 0 Å². The van der Waals surface area contributed by atoms with Crippen molar-refractivity contribution < 1.29 is 18.6 Å². The van der Waals surface area contributed by atoms with Crippen molar-refractivity contribution in [1.29, 1.82) is 0 Å². The van der Waals surface area contributed by atoms with Crippen LogP contribution in [0.15, 0.2) is 46.1 Å². The summed E-state index contributed by atoms with van der Waals surface area (Å²) in [5.74, 6) is 0.561. The molecule has 0 bridgehead atoms. The van der Waals surface area contributed by atoms with Gasteiger partial charge in [-0.05, 0) is 43.6 Å². The quantitative estimate of drug-likeness (QED) is 0.461. The predicted octanol–water partition coefficient (Wildman–Crippen LogP) is 4.29. The van der Waals surface area contributed by atoms with E-state index in [0.717, 1.165) is 0 Å². The number of para-hydroxylation sites is 1. The predicted molar refractivity (Wildman–Crippen MR) is 137 cm³/mol. The van der Waals surface area contributed by atoms with Crippen LogP contribution in [0, 0.1) is 6.92 Å². The SMILES string of the molecule is CC[C@H]1O[C@@H](n2cc(C)c(=O)[nH]c2=O)C(O[Si](C)(C)C(C)(C)C)[C@H]1OC(=S)Oc1ccccc1. The van der Waals surface area contributed by atoms with Crippen LogP contribution in [0.1, 0.15) is 45.9 Å². The highest BCUT2D eigenvalue weighted by Gasteiger charge is 2.52. The first-order valence-corrected chi connectivity index (χ1v) is 14.7. The second-order valence-electron chi connectivity index (χ2n) is 10.0. The normalized spacial score (nSPS) is 23.0. The number of thiocarbonyl (C=S) groups is 1. The zero-order valence-electron chi connectivity index (χ0n) is 20.8. The molecule has 1 aromatic heterocycles. The van der Waals surface area contributed by atoms with Crippen molar-refractivity contribution in [2.24, 2.45) is 0 Å². The van der Waals surface area contributed by atoms with Crippen LogP contribution in [0.3, 0.4) is 0 Å². The number of nitrogens with zero attached hydrogens (tertiary/aromatic N) is 1. The van der Waals surface area contributed by atoms with Crippen molar-refractivity contribution in [3.05, 3.63) is 62.9 Å². The summed E-state index contributed by atoms with van der Waals surface area (Å²) in [6.07, 6.45) is -0.362. The van der Waals surface area contributed by atoms with E-state index in [1.165, 1.54) is 10.8 Å². The highest BCUT2D eigenvalue weighted by molar-refractivity contribution is 7.79. The molecule has 186 valence electrons. The molecule has 0 amide bonds. The minimum atomic E-state index is -2.33. The molecule has 34 heavy (non-hydrogen) atoms. The molecule has 1 aliphatic heterocycles. The number of hydrogen-bond acceptors (Lipinski definition) is 7. The first kappa shape index (κ1) is 26.3. The number of aryl methyl sites for hydroxylation is 1. The van der Waals surface area contributed by atoms with E-state index in [-0.39, 0.29) is 10.3 Å². The molecule has 1 N–H and O–H groups in total. The van der Waals surface area contributed by atoms with E-state index >= 15 is 0 Å². The maximum atomic E-state index is 12.7. The molecule has 1 aliphatic rings. The summed E-state index contributed by atoms with van der Waals surface area (Å²) in [6.45, 7) is 14.3. The van der Waals surface area contributed by atoms with Crippen LogP contribution in [0.4, 0.5) is 0 Å². The lowest BCUT2D eigenvalue weighted by Crippen LogP contribution is -2.50. The number of aromatic amines is 1. The Morgan fingerprint density at radius 2 is 1.82 bits per heavy atom. The molecule has 3 rings (SSSR count). The van der Waals surface area contributed by atoms with Crippen LogP contribution in [0.5, 0.6) is 5.75 Å². The molecule has 0 radical (unpaired) electrons. The second kappa shape index (κ2) is 10.1. The molecule has 0 saturated carbocycles. The van der Waals surface area contributed by atoms with Gasteiger partial charge in [0.05, 0.1) is 6.10 Å². The number of nitrogens with one attached hydrogen (secondary N) is 1. The maximum Gasteiger partial charge on any atom is 0.358 e. The minimum Gasteiger partial charge on any atom is -0.448 e. The summed E-state index contributed by atoms with van der Waals surface area (Å²) in [4.78, 5) is 27.1. The molecule has 1 aromatic carbocycles. The molecule has 1 unspecified atom stereocenters. The maximum absolute atomic E-state index is 12.7. The fourth-order valence-electron chi connectivity index (χ4n) is 3.54. The van der Waals surface area contributed by atoms with Gasteiger partial charge in [-0.25, -0.2) is 4.79 Å². The van der Waals surface area contributed by atoms with Crippen LogP contribution in [0.2, 0.25) is 18.1 Å². The molecule has 2 heterocycles. The van der Waals surface area contributed by atoms with Gasteiger partial charge in [0, 0.05) is 24.0 Å². The fraction of sp³-hybridized carbons (Fsp3) is 0.542. The monoisotopic (exact) mass is 506 g/mol. The zero-order chi connectivity index (χ0) is 25.3. The molecule has 4 atom stereocenters. The smallest absolute Gasteiger partial charge is 0.358 e. The van der Waals surface area contributed by atoms with E-state index in [1.807, 2.05) is 25.1 Å². The number of benzene rings is 1. The van der Waals surface area contributed by atoms with E-state index in [4.69, 9.17) is 30.9 Å². The summed E-state index contributed by atoms with van der Waals surface area (Å²) < 4.78 is 26.3. The summed E-state index contributed by atoms with van der Waals surface area (Å²) in [6, 6.07) is 9.14. The van der Waals surface area contributed by atoms with E-state index < -0.39 is 44.1 Å². The van der Waals surface area contributed by atoms with E-state index in [1.54, 1.807) is 19.1 Å². The Bertz CT molecular complexity index is 1120. The van der Waals surface area contributed by atoms with Crippen molar-refractivity contribution in [1.82, 2.24) is 9.55 Å². The van der Waals surface area contributed by atoms with Gasteiger partial charge >= 0.3 is 10.9 Å². The van der Waals surface area contributed by atoms with Crippen molar-refractivity contribution in [2.75, 3.05) is 0 Å². The van der Waals surface area contributed by atoms with Crippen molar-refractivity contribution in [3.8, 4) is 5.75 Å². The van der Waals surface area contributed by atoms with Crippen molar-refractivity contribution >= 4 is 25.8 Å². The van der Waals surface area contributed by atoms with Gasteiger partial charge in [-0.1, -0.05) is 45.9 Å². The molecular formula is C24H34N2O6SSi. The van der Waals surface area contributed by atoms with Gasteiger partial charge < -0.3 is 18.6 Å². The molecule has 10 heteroatoms. The standard InChI is InChI=1S/C24H34N2O6SSi/c1-8-17-18(31-23(33)29-16-12-10-9-11-13-16)19(32-34(6,7)24(3,4)5)21(30-17)26-14-15(2)20(27)25-22(26)28/h9-14,17-19,21H,8H2,1-7H3,(H,25,27,28)/t17-,18+,19?,21-/m1/s1. The molecule has 2 aromatic rings. The van der Waals surface area contributed by atoms with Gasteiger partial charge in [-0.3, -0.25) is 14.3 Å². The lowest BCUT2D eigenvalue weighted by Gasteiger charge is -2.40. The molecule has 8 nitrogen and oxygen atoms in total. The number of ether oxygens (including phenoxy) is 3. The first-order chi connectivity index (χ1) is 15.8. The van der Waals surface area contributed by atoms with Crippen LogP contribution >= 0.6 is 12.2 Å². The Morgan fingerprint density at radius 3 is 2.41 bits per heavy atom. The Kier molecular flexibility index (Phi) is 7.86. The topological polar surface area (TPSA) is 91.8 Å². The number of rotatable bonds is 6. The summed E-state index contributed by atoms with van der Waals surface area (Å²) >= 11 is 5.40. The third kappa shape index (κ3) is 5.68. The van der Waals surface area contributed by atoms with E-state index in [0.29, 0.717) is 17.7 Å². The molecular weight excluding hydrogens is 472 g/mol. The highest BCUT2D eigenvalue weighted by Crippen LogP contribution is 2.43. The van der Waals surface area contributed by atoms with Gasteiger partial charge in [-0.2, -0.15) is 0 Å². The van der Waals surface area contributed by atoms with Crippen molar-refractivity contribution in [3.63, 3.8) is 0 Å². The van der Waals surface area contributed by atoms with E-state index in [9.17, 15) is 9.59 Å². The summed E-state index contributed by atoms with van der Waals surface area (Å²) in [7, 11) is -2.33. The lowest BCUT2D eigenvalue weighted by molar-refractivity contribution is -0.0374. The molecule has 1 fully saturated rings. The summed E-state index contributed by atoms with van der Waals surface area (Å²) in [5.41, 5.74) is -0.601. The van der Waals surface area contributed by atoms with E-state index in [2.05, 4.69) is 38.8 Å². The van der Waals surface area contributed by atoms with Crippen LogP contribution in [-0.4, -0.2) is 41.4 Å². The largest absolute Gasteiger partial charge is 0.448 e. The molecule has 0 spiro atoms. The van der Waals surface area contributed by atoms with Gasteiger partial charge in [0.2, 0.25) is 0 Å². The second-order valence-corrected chi connectivity index (χ2v) is 15.1. The summed E-state index contributed by atoms with van der Waals surface area (Å²) in [5, 5.41) is -0.146. The lowest BCUT2D eigenvalue weighted by atomic mass is 10.1. The average Bonchev–Trinajstić information content (AvgIpc) is 3.07. The third-order valence-corrected chi connectivity index (χ3v) is 11.2. The Labute approximate surface area is 206 Å². The number of hydrogen-bond donors (Lipinski definition) is 1. The average molecular weight is 507 g/mol. The van der Waals surface area contributed by atoms with Gasteiger partial charge in [0.25, 0.3) is 5.56 Å². The van der Waals surface area contributed by atoms with Gasteiger partial charge in [-0.15, -0.1) is 0 Å². The Balaban J connectivity index is 1.99. The Morgan fingerprint density at radius 1 is 1.18 bits per heavy atom. The fourth-order valence-corrected chi connectivity index (χ4v) is 5.03. The van der Waals surface area contributed by atoms with Crippen LogP contribution in [-0.2, 0) is 13.9 Å². The molecule has 0 aliphatic carbocycles. The first-order valence-electron chi connectivity index (χ1n) is 11.4. The third-order valence-electron chi connectivity index (χ3n) is 6.52. The van der Waals surface area contributed by atoms with Gasteiger partial charge in [0.15, 0.2) is 20.6 Å². The number of aromatic nitrogens is 2. The van der Waals surface area contributed by atoms with Crippen LogP contribution < -0.4 is 16.0 Å². The Hall–Kier alpha value is -2.27. The zero-order valence-corrected chi connectivity index (χ0v) is 22.6. The number of H-pyrrole nitrogens is 1. The minimum absolute atomic E-state index is 0.0484. The van der Waals surface area contributed by atoms with Crippen molar-refractivity contribution in [2.45, 2.75) is 83.7 Å². The highest BCUT2D eigenvalue weighted by atomic mass is 32.1. The molecule has 1 saturated heterocycles. The van der Waals surface area contributed by atoms with Gasteiger partial charge in [0.1, 0.15) is 11.9 Å².